The van der Waals surface area contributed by atoms with Gasteiger partial charge in [-0.1, -0.05) is 43.1 Å². The van der Waals surface area contributed by atoms with Gasteiger partial charge in [-0.25, -0.2) is 0 Å². The largest absolute Gasteiger partial charge is 0.298 e. The zero-order chi connectivity index (χ0) is 17.1. The first kappa shape index (κ1) is 17.6. The van der Waals surface area contributed by atoms with Crippen molar-refractivity contribution in [2.24, 2.45) is 46.3 Å². The quantitative estimate of drug-likeness (QED) is 0.506. The predicted molar refractivity (Wildman–Crippen MR) is 103 cm³/mol. The van der Waals surface area contributed by atoms with Crippen molar-refractivity contribution in [3.05, 3.63) is 0 Å². The Kier molecular flexibility index (Phi) is 4.46. The summed E-state index contributed by atoms with van der Waals surface area (Å²) in [7, 11) is 0. The normalized spacial score (nSPS) is 53.8. The molecule has 0 saturated heterocycles. The second kappa shape index (κ2) is 6.10. The van der Waals surface area contributed by atoms with Gasteiger partial charge >= 0.3 is 0 Å². The van der Waals surface area contributed by atoms with E-state index in [1.165, 1.54) is 51.4 Å². The molecule has 3 unspecified atom stereocenters. The third-order valence-electron chi connectivity index (χ3n) is 9.45. The highest BCUT2D eigenvalue weighted by Crippen LogP contribution is 2.67. The monoisotopic (exact) mass is 394 g/mol. The molecule has 0 aromatic heterocycles. The van der Waals surface area contributed by atoms with Crippen molar-refractivity contribution < 1.29 is 4.79 Å². The van der Waals surface area contributed by atoms with Crippen molar-refractivity contribution in [2.45, 2.75) is 78.6 Å². The molecule has 0 bridgehead atoms. The summed E-state index contributed by atoms with van der Waals surface area (Å²) >= 11 is 3.44. The van der Waals surface area contributed by atoms with E-state index in [1.807, 2.05) is 0 Å². The first-order valence-corrected chi connectivity index (χ1v) is 11.6. The van der Waals surface area contributed by atoms with Crippen LogP contribution in [0.1, 0.15) is 78.6 Å². The molecule has 0 spiro atoms. The minimum absolute atomic E-state index is 0.303. The average Bonchev–Trinajstić information content (AvgIpc) is 2.92. The maximum Gasteiger partial charge on any atom is 0.147 e. The van der Waals surface area contributed by atoms with E-state index in [4.69, 9.17) is 0 Å². The summed E-state index contributed by atoms with van der Waals surface area (Å²) in [6.45, 7) is 7.60. The molecule has 2 heteroatoms. The third-order valence-corrected chi connectivity index (χ3v) is 10.0. The van der Waals surface area contributed by atoms with Crippen molar-refractivity contribution in [3.63, 3.8) is 0 Å². The molecule has 0 amide bonds. The van der Waals surface area contributed by atoms with Gasteiger partial charge in [0.05, 0.1) is 5.33 Å². The zero-order valence-electron chi connectivity index (χ0n) is 15.8. The summed E-state index contributed by atoms with van der Waals surface area (Å²) in [6, 6.07) is 0. The van der Waals surface area contributed by atoms with Crippen LogP contribution >= 0.6 is 15.9 Å². The Labute approximate surface area is 156 Å². The highest BCUT2D eigenvalue weighted by atomic mass is 79.9. The first-order chi connectivity index (χ1) is 11.4. The number of carbonyl (C=O) groups excluding carboxylic acids is 1. The minimum atomic E-state index is 0.303. The summed E-state index contributed by atoms with van der Waals surface area (Å²) in [5.41, 5.74) is 0.908. The molecule has 0 heterocycles. The van der Waals surface area contributed by atoms with Gasteiger partial charge in [0, 0.05) is 5.92 Å². The highest BCUT2D eigenvalue weighted by molar-refractivity contribution is 9.09. The van der Waals surface area contributed by atoms with Crippen LogP contribution in [0.3, 0.4) is 0 Å². The number of rotatable bonds is 2. The van der Waals surface area contributed by atoms with E-state index in [1.54, 1.807) is 0 Å². The van der Waals surface area contributed by atoms with E-state index in [0.717, 1.165) is 36.0 Å². The number of carbonyl (C=O) groups is 1. The van der Waals surface area contributed by atoms with Gasteiger partial charge < -0.3 is 0 Å². The molecule has 136 valence electrons. The van der Waals surface area contributed by atoms with E-state index < -0.39 is 0 Å². The third kappa shape index (κ3) is 2.41. The number of hydrogen-bond donors (Lipinski definition) is 0. The SMILES string of the molecule is C[C@H]1CC[C@@]2(C)C(CC[C@@H]3C2CC[C@@]2(C)C3CC[C@@H]2C(=O)CBr)C1. The number of fused-ring (bicyclic) bond motifs is 5. The topological polar surface area (TPSA) is 17.1 Å². The molecule has 24 heavy (non-hydrogen) atoms. The Balaban J connectivity index is 1.60. The Morgan fingerprint density at radius 1 is 0.958 bits per heavy atom. The van der Waals surface area contributed by atoms with Crippen LogP contribution in [0.2, 0.25) is 0 Å². The fraction of sp³-hybridized carbons (Fsp3) is 0.955. The molecule has 8 atom stereocenters. The van der Waals surface area contributed by atoms with Gasteiger partial charge in [-0.15, -0.1) is 0 Å². The predicted octanol–water partition coefficient (Wildman–Crippen LogP) is 6.25. The summed E-state index contributed by atoms with van der Waals surface area (Å²) < 4.78 is 0. The molecule has 4 aliphatic carbocycles. The van der Waals surface area contributed by atoms with Crippen LogP contribution in [0.5, 0.6) is 0 Å². The molecule has 0 radical (unpaired) electrons. The summed E-state index contributed by atoms with van der Waals surface area (Å²) in [6.07, 6.45) is 12.5. The van der Waals surface area contributed by atoms with Gasteiger partial charge in [-0.2, -0.15) is 0 Å². The number of alkyl halides is 1. The lowest BCUT2D eigenvalue weighted by atomic mass is 9.44. The van der Waals surface area contributed by atoms with Crippen molar-refractivity contribution >= 4 is 21.7 Å². The lowest BCUT2D eigenvalue weighted by Gasteiger charge is -2.61. The van der Waals surface area contributed by atoms with Gasteiger partial charge in [0.15, 0.2) is 0 Å². The molecule has 0 aliphatic heterocycles. The standard InChI is InChI=1S/C22H35BrO/c1-14-8-10-21(2)15(12-14)4-5-16-17-6-7-19(20(24)13-23)22(17,3)11-9-18(16)21/h14-19H,4-13H2,1-3H3/t14-,15?,16-,17?,18?,19+,21-,22-/m0/s1. The molecule has 0 aromatic carbocycles. The van der Waals surface area contributed by atoms with E-state index in [0.29, 0.717) is 27.9 Å². The Hall–Kier alpha value is 0.150. The van der Waals surface area contributed by atoms with E-state index in [9.17, 15) is 4.79 Å². The van der Waals surface area contributed by atoms with Crippen LogP contribution in [-0.2, 0) is 4.79 Å². The van der Waals surface area contributed by atoms with Crippen LogP contribution in [0.4, 0.5) is 0 Å². The summed E-state index contributed by atoms with van der Waals surface area (Å²) in [4.78, 5) is 12.5. The van der Waals surface area contributed by atoms with E-state index in [-0.39, 0.29) is 0 Å². The second-order valence-corrected chi connectivity index (χ2v) is 10.9. The molecule has 0 N–H and O–H groups in total. The van der Waals surface area contributed by atoms with E-state index in [2.05, 4.69) is 36.7 Å². The fourth-order valence-corrected chi connectivity index (χ4v) is 8.49. The average molecular weight is 395 g/mol. The number of hydrogen-bond acceptors (Lipinski definition) is 1. The highest BCUT2D eigenvalue weighted by Gasteiger charge is 2.60. The van der Waals surface area contributed by atoms with Crippen molar-refractivity contribution in [1.29, 1.82) is 0 Å². The van der Waals surface area contributed by atoms with Gasteiger partial charge in [0.2, 0.25) is 0 Å². The lowest BCUT2D eigenvalue weighted by Crippen LogP contribution is -2.53. The maximum absolute atomic E-state index is 12.5. The molecule has 4 aliphatic rings. The smallest absolute Gasteiger partial charge is 0.147 e. The maximum atomic E-state index is 12.5. The summed E-state index contributed by atoms with van der Waals surface area (Å²) in [5.74, 6) is 5.41. The fourth-order valence-electron chi connectivity index (χ4n) is 8.09. The van der Waals surface area contributed by atoms with Crippen LogP contribution in [0.15, 0.2) is 0 Å². The minimum Gasteiger partial charge on any atom is -0.298 e. The molecular formula is C22H35BrO. The van der Waals surface area contributed by atoms with E-state index >= 15 is 0 Å². The van der Waals surface area contributed by atoms with Gasteiger partial charge in [0.1, 0.15) is 5.78 Å². The Bertz CT molecular complexity index is 516. The second-order valence-electron chi connectivity index (χ2n) is 10.3. The Morgan fingerprint density at radius 2 is 1.67 bits per heavy atom. The van der Waals surface area contributed by atoms with Crippen LogP contribution in [0, 0.1) is 46.3 Å². The van der Waals surface area contributed by atoms with Crippen molar-refractivity contribution in [3.8, 4) is 0 Å². The van der Waals surface area contributed by atoms with Gasteiger partial charge in [-0.05, 0) is 91.8 Å². The number of halogens is 1. The van der Waals surface area contributed by atoms with Crippen LogP contribution < -0.4 is 0 Å². The van der Waals surface area contributed by atoms with Gasteiger partial charge in [-0.3, -0.25) is 4.79 Å². The number of Topliss-reactive ketones (excluding diaryl/α,β-unsaturated/α-hetero) is 1. The first-order valence-electron chi connectivity index (χ1n) is 10.5. The molecule has 0 aromatic rings. The molecule has 4 saturated carbocycles. The van der Waals surface area contributed by atoms with Crippen LogP contribution in [-0.4, -0.2) is 11.1 Å². The van der Waals surface area contributed by atoms with Crippen molar-refractivity contribution in [1.82, 2.24) is 0 Å². The lowest BCUT2D eigenvalue weighted by molar-refractivity contribution is -0.134. The molecule has 4 rings (SSSR count). The molecular weight excluding hydrogens is 360 g/mol. The molecule has 1 nitrogen and oxygen atoms in total. The van der Waals surface area contributed by atoms with Crippen LogP contribution in [0.25, 0.3) is 0 Å². The number of ketones is 1. The van der Waals surface area contributed by atoms with Gasteiger partial charge in [0.25, 0.3) is 0 Å². The molecule has 4 fully saturated rings. The summed E-state index contributed by atoms with van der Waals surface area (Å²) in [5, 5.41) is 0.561. The van der Waals surface area contributed by atoms with Crippen molar-refractivity contribution in [2.75, 3.05) is 5.33 Å². The Morgan fingerprint density at radius 3 is 2.42 bits per heavy atom. The zero-order valence-corrected chi connectivity index (χ0v) is 17.4.